The molecule has 0 radical (unpaired) electrons. The van der Waals surface area contributed by atoms with E-state index in [1.165, 1.54) is 16.7 Å². The predicted molar refractivity (Wildman–Crippen MR) is 143 cm³/mol. The van der Waals surface area contributed by atoms with Crippen molar-refractivity contribution in [3.05, 3.63) is 87.8 Å². The molecule has 0 aliphatic carbocycles. The van der Waals surface area contributed by atoms with Crippen LogP contribution in [-0.4, -0.2) is 50.5 Å². The molecule has 11 nitrogen and oxygen atoms in total. The van der Waals surface area contributed by atoms with Crippen LogP contribution in [0.2, 0.25) is 5.02 Å². The number of hydrogen-bond donors (Lipinski definition) is 2. The van der Waals surface area contributed by atoms with E-state index in [4.69, 9.17) is 22.2 Å². The third kappa shape index (κ3) is 5.75. The third-order valence-corrected chi connectivity index (χ3v) is 8.22. The molecular weight excluding hydrogens is 564 g/mol. The summed E-state index contributed by atoms with van der Waals surface area (Å²) in [5.41, 5.74) is 6.91. The molecule has 0 bridgehead atoms. The van der Waals surface area contributed by atoms with Gasteiger partial charge in [-0.2, -0.15) is 0 Å². The number of halogens is 1. The zero-order valence-corrected chi connectivity index (χ0v) is 22.5. The number of amides is 2. The molecule has 14 heteroatoms. The maximum atomic E-state index is 13.2. The molecule has 0 saturated carbocycles. The van der Waals surface area contributed by atoms with Gasteiger partial charge in [0.2, 0.25) is 0 Å². The molecule has 39 heavy (non-hydrogen) atoms. The first-order valence-electron chi connectivity index (χ1n) is 11.6. The van der Waals surface area contributed by atoms with Crippen molar-refractivity contribution in [3.63, 3.8) is 0 Å². The number of carbonyl (C=O) groups is 3. The summed E-state index contributed by atoms with van der Waals surface area (Å²) in [5, 5.41) is 20.4. The Morgan fingerprint density at radius 2 is 2.00 bits per heavy atom. The summed E-state index contributed by atoms with van der Waals surface area (Å²) >= 11 is 8.38. The van der Waals surface area contributed by atoms with Crippen molar-refractivity contribution in [2.75, 3.05) is 11.5 Å². The predicted octanol–water partition coefficient (Wildman–Crippen LogP) is 0.691. The second kappa shape index (κ2) is 11.4. The summed E-state index contributed by atoms with van der Waals surface area (Å²) in [5.74, 6) is -2.37. The number of fused-ring (bicyclic) bond motifs is 1. The number of β-lactam (4-membered cyclic amide) rings is 1. The fourth-order valence-electron chi connectivity index (χ4n) is 4.12. The maximum absolute atomic E-state index is 13.2. The number of thiazole rings is 1. The van der Waals surface area contributed by atoms with E-state index >= 15 is 0 Å². The van der Waals surface area contributed by atoms with Crippen LogP contribution in [-0.2, 0) is 32.4 Å². The van der Waals surface area contributed by atoms with Crippen molar-refractivity contribution in [1.82, 2.24) is 15.2 Å². The van der Waals surface area contributed by atoms with Crippen molar-refractivity contribution in [2.45, 2.75) is 24.6 Å². The standard InChI is InChI=1S/C25H21ClN6O5S2/c26-16-6-4-14(5-7-16)11-37-30-18(17-13-39-25(27)28-17)21(33)29-19-22(34)32-20(24(35)36)15(12-38-23(19)32)10-31-8-2-1-3-9-31/h1-9,13,19,23H,10-12H2,(H3-,27,28,29,33,35,36)/t19?,23-/m0/s1. The van der Waals surface area contributed by atoms with Crippen LogP contribution in [0.1, 0.15) is 11.3 Å². The first-order valence-corrected chi connectivity index (χ1v) is 13.9. The number of anilines is 1. The van der Waals surface area contributed by atoms with Gasteiger partial charge >= 0.3 is 0 Å². The first kappa shape index (κ1) is 26.7. The van der Waals surface area contributed by atoms with E-state index in [-0.39, 0.29) is 35.4 Å². The van der Waals surface area contributed by atoms with Gasteiger partial charge in [-0.05, 0) is 17.7 Å². The molecule has 1 aromatic carbocycles. The fourth-order valence-corrected chi connectivity index (χ4v) is 6.12. The Hall–Kier alpha value is -3.94. The molecular formula is C25H21ClN6O5S2. The number of carboxylic acid groups (broad SMARTS) is 1. The van der Waals surface area contributed by atoms with Crippen LogP contribution in [0.25, 0.3) is 0 Å². The van der Waals surface area contributed by atoms with Crippen LogP contribution in [0, 0.1) is 0 Å². The fraction of sp³-hybridized carbons (Fsp3) is 0.200. The number of rotatable bonds is 9. The highest BCUT2D eigenvalue weighted by Gasteiger charge is 2.53. The lowest BCUT2D eigenvalue weighted by atomic mass is 10.0. The summed E-state index contributed by atoms with van der Waals surface area (Å²) < 4.78 is 1.81. The molecule has 3 aromatic rings. The van der Waals surface area contributed by atoms with Gasteiger partial charge in [0.05, 0.1) is 11.7 Å². The zero-order valence-electron chi connectivity index (χ0n) is 20.2. The highest BCUT2D eigenvalue weighted by molar-refractivity contribution is 8.00. The molecule has 1 unspecified atom stereocenters. The number of nitrogen functional groups attached to an aromatic ring is 1. The van der Waals surface area contributed by atoms with Gasteiger partial charge in [-0.3, -0.25) is 14.5 Å². The first-order chi connectivity index (χ1) is 18.8. The highest BCUT2D eigenvalue weighted by Crippen LogP contribution is 2.40. The van der Waals surface area contributed by atoms with E-state index in [0.29, 0.717) is 16.3 Å². The molecule has 200 valence electrons. The second-order valence-corrected chi connectivity index (χ2v) is 11.0. The number of aliphatic carboxylic acids is 1. The normalized spacial score (nSPS) is 18.8. The van der Waals surface area contributed by atoms with Crippen LogP contribution in [0.5, 0.6) is 0 Å². The van der Waals surface area contributed by atoms with E-state index in [1.807, 2.05) is 22.8 Å². The van der Waals surface area contributed by atoms with Gasteiger partial charge in [0.1, 0.15) is 23.7 Å². The molecule has 2 aromatic heterocycles. The second-order valence-electron chi connectivity index (χ2n) is 8.56. The monoisotopic (exact) mass is 584 g/mol. The Labute approximate surface area is 235 Å². The highest BCUT2D eigenvalue weighted by atomic mass is 35.5. The number of carbonyl (C=O) groups excluding carboxylic acids is 3. The number of oxime groups is 1. The van der Waals surface area contributed by atoms with Crippen LogP contribution in [0.4, 0.5) is 5.13 Å². The van der Waals surface area contributed by atoms with Gasteiger partial charge in [0, 0.05) is 33.9 Å². The number of pyridine rings is 1. The summed E-state index contributed by atoms with van der Waals surface area (Å²) in [6, 6.07) is 11.4. The topological polar surface area (TPSA) is 154 Å². The molecule has 2 aliphatic rings. The Bertz CT molecular complexity index is 1480. The zero-order chi connectivity index (χ0) is 27.5. The smallest absolute Gasteiger partial charge is 0.276 e. The number of nitrogens with one attached hydrogen (secondary N) is 1. The number of hydrogen-bond acceptors (Lipinski definition) is 10. The molecule has 4 heterocycles. The molecule has 2 amide bonds. The summed E-state index contributed by atoms with van der Waals surface area (Å²) in [6.07, 6.45) is 3.61. The number of benzene rings is 1. The van der Waals surface area contributed by atoms with Crippen molar-refractivity contribution in [1.29, 1.82) is 0 Å². The Kier molecular flexibility index (Phi) is 7.82. The quantitative estimate of drug-likeness (QED) is 0.161. The molecule has 1 saturated heterocycles. The lowest BCUT2D eigenvalue weighted by molar-refractivity contribution is -0.689. The lowest BCUT2D eigenvalue weighted by Crippen LogP contribution is -2.71. The average molecular weight is 585 g/mol. The van der Waals surface area contributed by atoms with E-state index in [0.717, 1.165) is 16.9 Å². The molecule has 0 spiro atoms. The van der Waals surface area contributed by atoms with Gasteiger partial charge in [-0.1, -0.05) is 35.0 Å². The van der Waals surface area contributed by atoms with Gasteiger partial charge < -0.3 is 25.8 Å². The van der Waals surface area contributed by atoms with E-state index in [9.17, 15) is 19.5 Å². The van der Waals surface area contributed by atoms with Crippen LogP contribution in [0.3, 0.4) is 0 Å². The number of carboxylic acids is 1. The van der Waals surface area contributed by atoms with E-state index < -0.39 is 29.2 Å². The van der Waals surface area contributed by atoms with Gasteiger partial charge in [-0.15, -0.1) is 23.1 Å². The van der Waals surface area contributed by atoms with Gasteiger partial charge in [0.25, 0.3) is 11.8 Å². The summed E-state index contributed by atoms with van der Waals surface area (Å²) in [6.45, 7) is 0.349. The largest absolute Gasteiger partial charge is 0.543 e. The van der Waals surface area contributed by atoms with E-state index in [2.05, 4.69) is 15.5 Å². The molecule has 1 fully saturated rings. The van der Waals surface area contributed by atoms with Crippen molar-refractivity contribution in [3.8, 4) is 0 Å². The van der Waals surface area contributed by atoms with Crippen molar-refractivity contribution >= 4 is 63.3 Å². The molecule has 5 rings (SSSR count). The number of nitrogens with two attached hydrogens (primary N) is 1. The minimum atomic E-state index is -1.44. The minimum Gasteiger partial charge on any atom is -0.543 e. The Balaban J connectivity index is 1.32. The van der Waals surface area contributed by atoms with Crippen molar-refractivity contribution < 1.29 is 28.9 Å². The lowest BCUT2D eigenvalue weighted by Gasteiger charge is -2.50. The van der Waals surface area contributed by atoms with Gasteiger partial charge in [-0.25, -0.2) is 9.55 Å². The van der Waals surface area contributed by atoms with Crippen LogP contribution >= 0.6 is 34.7 Å². The molecule has 2 aliphatic heterocycles. The maximum Gasteiger partial charge on any atom is 0.276 e. The minimum absolute atomic E-state index is 0.0597. The third-order valence-electron chi connectivity index (χ3n) is 5.96. The number of thioether (sulfide) groups is 1. The van der Waals surface area contributed by atoms with Gasteiger partial charge in [0.15, 0.2) is 29.8 Å². The average Bonchev–Trinajstić information content (AvgIpc) is 3.36. The number of aromatic nitrogens is 2. The van der Waals surface area contributed by atoms with Crippen LogP contribution < -0.4 is 20.7 Å². The Morgan fingerprint density at radius 3 is 2.67 bits per heavy atom. The molecule has 3 N–H and O–H groups in total. The summed E-state index contributed by atoms with van der Waals surface area (Å²) in [7, 11) is 0. The molecule has 2 atom stereocenters. The summed E-state index contributed by atoms with van der Waals surface area (Å²) in [4.78, 5) is 49.1. The Morgan fingerprint density at radius 1 is 1.26 bits per heavy atom. The van der Waals surface area contributed by atoms with Crippen molar-refractivity contribution in [2.24, 2.45) is 5.16 Å². The van der Waals surface area contributed by atoms with E-state index in [1.54, 1.807) is 42.0 Å². The SMILES string of the molecule is Nc1nc(C(=NOCc2ccc(Cl)cc2)C(=O)NC2C(=O)N3C(C(=O)[O-])=C(C[n+]4ccccc4)CS[C@@H]23)cs1. The number of nitrogens with zero attached hydrogens (tertiary/aromatic N) is 4. The van der Waals surface area contributed by atoms with Crippen LogP contribution in [0.15, 0.2) is 76.7 Å².